The maximum absolute atomic E-state index is 6.51. The van der Waals surface area contributed by atoms with Crippen molar-refractivity contribution in [3.8, 4) is 0 Å². The van der Waals surface area contributed by atoms with Crippen LogP contribution in [0.15, 0.2) is 65.4 Å². The number of methoxy groups -OCH3 is 1. The summed E-state index contributed by atoms with van der Waals surface area (Å²) in [7, 11) is 1.87. The van der Waals surface area contributed by atoms with Crippen molar-refractivity contribution in [3.63, 3.8) is 0 Å². The molecule has 1 aromatic heterocycles. The summed E-state index contributed by atoms with van der Waals surface area (Å²) in [4.78, 5) is 5.31. The van der Waals surface area contributed by atoms with Crippen molar-refractivity contribution in [2.45, 2.75) is 44.2 Å². The summed E-state index contributed by atoms with van der Waals surface area (Å²) in [6.45, 7) is 6.66. The molecule has 3 atom stereocenters. The molecule has 37 heavy (non-hydrogen) atoms. The molecule has 198 valence electrons. The second-order valence-electron chi connectivity index (χ2n) is 10.9. The van der Waals surface area contributed by atoms with Crippen LogP contribution in [0.1, 0.15) is 41.9 Å². The van der Waals surface area contributed by atoms with E-state index in [-0.39, 0.29) is 0 Å². The lowest BCUT2D eigenvalue weighted by atomic mass is 9.87. The molecule has 2 aliphatic rings. The first-order valence-electron chi connectivity index (χ1n) is 13.5. The highest BCUT2D eigenvalue weighted by Crippen LogP contribution is 2.37. The molecule has 0 radical (unpaired) electrons. The van der Waals surface area contributed by atoms with Crippen molar-refractivity contribution in [2.75, 3.05) is 39.8 Å². The minimum atomic E-state index is 0.310. The summed E-state index contributed by atoms with van der Waals surface area (Å²) in [5.41, 5.74) is 4.04. The molecule has 5 rings (SSSR count). The van der Waals surface area contributed by atoms with Gasteiger partial charge in [-0.25, -0.2) is 0 Å². The number of ether oxygens (including phenoxy) is 1. The van der Waals surface area contributed by atoms with E-state index in [1.165, 1.54) is 49.2 Å². The van der Waals surface area contributed by atoms with Gasteiger partial charge in [-0.2, -0.15) is 11.3 Å². The molecule has 0 bridgehead atoms. The molecule has 0 saturated carbocycles. The van der Waals surface area contributed by atoms with Gasteiger partial charge in [0.15, 0.2) is 0 Å². The lowest BCUT2D eigenvalue weighted by Gasteiger charge is -2.35. The molecule has 3 heterocycles. The quantitative estimate of drug-likeness (QED) is 0.255. The van der Waals surface area contributed by atoms with Gasteiger partial charge in [0.1, 0.15) is 0 Å². The number of rotatable bonds is 10. The monoisotopic (exact) mass is 556 g/mol. The van der Waals surface area contributed by atoms with Gasteiger partial charge in [-0.05, 0) is 96.3 Å². The number of halogens is 2. The average molecular weight is 558 g/mol. The lowest BCUT2D eigenvalue weighted by molar-refractivity contribution is 0.0621. The maximum atomic E-state index is 6.51. The van der Waals surface area contributed by atoms with Crippen molar-refractivity contribution >= 4 is 34.5 Å². The summed E-state index contributed by atoms with van der Waals surface area (Å²) in [6.07, 6.45) is 5.03. The fraction of sp³-hybridized carbons (Fsp3) is 0.484. The zero-order chi connectivity index (χ0) is 25.6. The van der Waals surface area contributed by atoms with E-state index in [0.29, 0.717) is 23.0 Å². The van der Waals surface area contributed by atoms with Crippen LogP contribution >= 0.6 is 34.5 Å². The predicted octanol–water partition coefficient (Wildman–Crippen LogP) is 7.63. The Morgan fingerprint density at radius 2 is 1.81 bits per heavy atom. The predicted molar refractivity (Wildman–Crippen MR) is 157 cm³/mol. The smallest absolute Gasteiger partial charge is 0.0614 e. The maximum Gasteiger partial charge on any atom is 0.0614 e. The normalized spacial score (nSPS) is 22.5. The van der Waals surface area contributed by atoms with Gasteiger partial charge in [0.25, 0.3) is 0 Å². The first kappa shape index (κ1) is 27.2. The topological polar surface area (TPSA) is 15.7 Å². The molecule has 2 fully saturated rings. The van der Waals surface area contributed by atoms with Crippen LogP contribution in [0, 0.1) is 11.8 Å². The minimum absolute atomic E-state index is 0.310. The Hall–Kier alpha value is -1.40. The molecule has 2 aliphatic heterocycles. The Morgan fingerprint density at radius 1 is 1.00 bits per heavy atom. The van der Waals surface area contributed by atoms with Gasteiger partial charge in [0, 0.05) is 49.3 Å². The van der Waals surface area contributed by atoms with Gasteiger partial charge in [-0.1, -0.05) is 59.6 Å². The zero-order valence-electron chi connectivity index (χ0n) is 21.7. The summed E-state index contributed by atoms with van der Waals surface area (Å²) in [6, 6.07) is 19.0. The standard InChI is InChI=1S/C31H38Cl2N2OS/c1-36-29(15-23-5-3-2-4-6-23)16-24-9-12-34(13-10-24)19-27-20-35(21-30(27)26-11-14-37-22-26)18-25-7-8-28(32)17-31(25)33/h2-8,11,14,17,22,24,27,29-30H,9-10,12-13,15-16,18-21H2,1H3/t27-,29-,30+/m0/s1. The summed E-state index contributed by atoms with van der Waals surface area (Å²) >= 11 is 14.5. The molecular weight excluding hydrogens is 519 g/mol. The molecule has 0 spiro atoms. The van der Waals surface area contributed by atoms with Gasteiger partial charge in [-0.3, -0.25) is 4.90 Å². The van der Waals surface area contributed by atoms with Crippen LogP contribution in [0.4, 0.5) is 0 Å². The highest BCUT2D eigenvalue weighted by Gasteiger charge is 2.36. The molecule has 3 aromatic rings. The third-order valence-corrected chi connectivity index (χ3v) is 9.62. The third-order valence-electron chi connectivity index (χ3n) is 8.33. The van der Waals surface area contributed by atoms with E-state index in [2.05, 4.69) is 63.0 Å². The largest absolute Gasteiger partial charge is 0.381 e. The average Bonchev–Trinajstić information content (AvgIpc) is 3.57. The van der Waals surface area contributed by atoms with E-state index in [9.17, 15) is 0 Å². The van der Waals surface area contributed by atoms with Gasteiger partial charge in [0.2, 0.25) is 0 Å². The Balaban J connectivity index is 1.15. The fourth-order valence-electron chi connectivity index (χ4n) is 6.28. The van der Waals surface area contributed by atoms with E-state index >= 15 is 0 Å². The van der Waals surface area contributed by atoms with Crippen LogP contribution in [0.25, 0.3) is 0 Å². The Labute approximate surface area is 236 Å². The van der Waals surface area contributed by atoms with Crippen LogP contribution < -0.4 is 0 Å². The number of thiophene rings is 1. The van der Waals surface area contributed by atoms with Gasteiger partial charge in [0.05, 0.1) is 6.10 Å². The van der Waals surface area contributed by atoms with Crippen molar-refractivity contribution in [1.82, 2.24) is 9.80 Å². The zero-order valence-corrected chi connectivity index (χ0v) is 24.0. The van der Waals surface area contributed by atoms with Crippen LogP contribution in [0.3, 0.4) is 0 Å². The second kappa shape index (κ2) is 13.1. The summed E-state index contributed by atoms with van der Waals surface area (Å²) in [5, 5.41) is 6.04. The van der Waals surface area contributed by atoms with E-state index in [1.54, 1.807) is 0 Å². The minimum Gasteiger partial charge on any atom is -0.381 e. The van der Waals surface area contributed by atoms with E-state index in [4.69, 9.17) is 27.9 Å². The number of nitrogens with zero attached hydrogens (tertiary/aromatic N) is 2. The Kier molecular flexibility index (Phi) is 9.62. The molecule has 0 aliphatic carbocycles. The second-order valence-corrected chi connectivity index (χ2v) is 12.5. The van der Waals surface area contributed by atoms with Crippen molar-refractivity contribution in [3.05, 3.63) is 92.1 Å². The van der Waals surface area contributed by atoms with Crippen molar-refractivity contribution in [1.29, 1.82) is 0 Å². The SMILES string of the molecule is CO[C@@H](Cc1ccccc1)CC1CCN(C[C@H]2CN(Cc3ccc(Cl)cc3Cl)C[C@@H]2c2ccsc2)CC1. The first-order chi connectivity index (χ1) is 18.1. The number of piperidine rings is 1. The number of hydrogen-bond acceptors (Lipinski definition) is 4. The van der Waals surface area contributed by atoms with E-state index in [0.717, 1.165) is 43.4 Å². The van der Waals surface area contributed by atoms with E-state index < -0.39 is 0 Å². The molecule has 0 N–H and O–H groups in total. The number of hydrogen-bond donors (Lipinski definition) is 0. The molecule has 2 aromatic carbocycles. The van der Waals surface area contributed by atoms with Crippen LogP contribution in [-0.4, -0.2) is 55.7 Å². The van der Waals surface area contributed by atoms with E-state index in [1.807, 2.05) is 30.6 Å². The summed E-state index contributed by atoms with van der Waals surface area (Å²) < 4.78 is 5.89. The molecule has 6 heteroatoms. The lowest BCUT2D eigenvalue weighted by Crippen LogP contribution is -2.39. The van der Waals surface area contributed by atoms with Gasteiger partial charge < -0.3 is 9.64 Å². The van der Waals surface area contributed by atoms with Crippen LogP contribution in [-0.2, 0) is 17.7 Å². The molecule has 0 amide bonds. The fourth-order valence-corrected chi connectivity index (χ4v) is 7.47. The van der Waals surface area contributed by atoms with Gasteiger partial charge in [-0.15, -0.1) is 0 Å². The number of benzene rings is 2. The third kappa shape index (κ3) is 7.38. The van der Waals surface area contributed by atoms with Crippen LogP contribution in [0.2, 0.25) is 10.0 Å². The van der Waals surface area contributed by atoms with Crippen molar-refractivity contribution in [2.24, 2.45) is 11.8 Å². The highest BCUT2D eigenvalue weighted by atomic mass is 35.5. The first-order valence-corrected chi connectivity index (χ1v) is 15.2. The Morgan fingerprint density at radius 3 is 2.51 bits per heavy atom. The van der Waals surface area contributed by atoms with Crippen LogP contribution in [0.5, 0.6) is 0 Å². The van der Waals surface area contributed by atoms with Crippen molar-refractivity contribution < 1.29 is 4.74 Å². The number of likely N-dealkylation sites (tertiary alicyclic amines) is 2. The van der Waals surface area contributed by atoms with Gasteiger partial charge >= 0.3 is 0 Å². The highest BCUT2D eigenvalue weighted by molar-refractivity contribution is 7.08. The molecule has 2 saturated heterocycles. The molecular formula is C31H38Cl2N2OS. The molecule has 3 nitrogen and oxygen atoms in total. The summed E-state index contributed by atoms with van der Waals surface area (Å²) in [5.74, 6) is 1.98. The molecule has 0 unspecified atom stereocenters. The Bertz CT molecular complexity index is 1100.